The summed E-state index contributed by atoms with van der Waals surface area (Å²) in [7, 11) is 1.02. The predicted octanol–water partition coefficient (Wildman–Crippen LogP) is -3.01. The Kier molecular flexibility index (Phi) is 5.97. The van der Waals surface area contributed by atoms with Crippen molar-refractivity contribution in [2.45, 2.75) is 43.5 Å². The van der Waals surface area contributed by atoms with E-state index in [0.717, 1.165) is 14.0 Å². The van der Waals surface area contributed by atoms with Gasteiger partial charge in [0.25, 0.3) is 5.79 Å². The first kappa shape index (κ1) is 18.5. The van der Waals surface area contributed by atoms with Gasteiger partial charge in [0.05, 0.1) is 12.1 Å². The van der Waals surface area contributed by atoms with Gasteiger partial charge in [0.2, 0.25) is 5.91 Å². The Morgan fingerprint density at radius 3 is 2.45 bits per heavy atom. The van der Waals surface area contributed by atoms with Gasteiger partial charge in [0, 0.05) is 20.5 Å². The normalized spacial score (nSPS) is 33.0. The molecule has 1 fully saturated rings. The summed E-state index contributed by atoms with van der Waals surface area (Å²) < 4.78 is 9.95. The summed E-state index contributed by atoms with van der Waals surface area (Å²) in [4.78, 5) is 34.0. The van der Waals surface area contributed by atoms with E-state index < -0.39 is 60.8 Å². The third-order valence-corrected chi connectivity index (χ3v) is 3.40. The number of Topliss-reactive ketones (excluding diaryl/α,β-unsaturated/α-hetero) is 1. The number of ether oxygens (including phenoxy) is 2. The lowest BCUT2D eigenvalue weighted by Crippen LogP contribution is -2.67. The molecule has 0 radical (unpaired) electrons. The van der Waals surface area contributed by atoms with Crippen molar-refractivity contribution in [3.8, 4) is 0 Å². The van der Waals surface area contributed by atoms with Crippen molar-refractivity contribution in [2.24, 2.45) is 0 Å². The van der Waals surface area contributed by atoms with Crippen LogP contribution in [0, 0.1) is 0 Å². The van der Waals surface area contributed by atoms with Crippen LogP contribution in [-0.4, -0.2) is 81.9 Å². The summed E-state index contributed by atoms with van der Waals surface area (Å²) in [6, 6.07) is -1.24. The summed E-state index contributed by atoms with van der Waals surface area (Å²) in [6.07, 6.45) is -5.55. The topological polar surface area (TPSA) is 163 Å². The highest BCUT2D eigenvalue weighted by Gasteiger charge is 2.55. The highest BCUT2D eigenvalue weighted by molar-refractivity contribution is 5.85. The number of hydrogen-bond acceptors (Lipinski definition) is 8. The maximum absolute atomic E-state index is 11.5. The van der Waals surface area contributed by atoms with Crippen LogP contribution in [0.3, 0.4) is 0 Å². The molecule has 5 N–H and O–H groups in total. The lowest BCUT2D eigenvalue weighted by molar-refractivity contribution is -0.296. The van der Waals surface area contributed by atoms with E-state index in [1.54, 1.807) is 0 Å². The van der Waals surface area contributed by atoms with Crippen molar-refractivity contribution >= 4 is 17.7 Å². The van der Waals surface area contributed by atoms with Crippen LogP contribution in [-0.2, 0) is 23.9 Å². The molecule has 10 nitrogen and oxygen atoms in total. The lowest BCUT2D eigenvalue weighted by Gasteiger charge is -2.45. The zero-order valence-electron chi connectivity index (χ0n) is 12.1. The number of nitrogens with one attached hydrogen (secondary N) is 1. The van der Waals surface area contributed by atoms with E-state index in [2.05, 4.69) is 5.32 Å². The first-order chi connectivity index (χ1) is 10.2. The average Bonchev–Trinajstić information content (AvgIpc) is 2.46. The van der Waals surface area contributed by atoms with Crippen molar-refractivity contribution in [3.63, 3.8) is 0 Å². The number of methoxy groups -OCH3 is 1. The minimum atomic E-state index is -2.28. The zero-order valence-corrected chi connectivity index (χ0v) is 12.1. The minimum absolute atomic E-state index is 0.527. The van der Waals surface area contributed by atoms with Crippen LogP contribution < -0.4 is 5.32 Å². The quantitative estimate of drug-likeness (QED) is 0.343. The second-order valence-corrected chi connectivity index (χ2v) is 4.91. The van der Waals surface area contributed by atoms with Gasteiger partial charge in [-0.25, -0.2) is 4.79 Å². The highest BCUT2D eigenvalue weighted by atomic mass is 16.7. The SMILES string of the molecule is CO[C@@]1(C(=O)O)C[C@H](O)[C@@H](NC(C)=O)[C@H]([C@@H](O)C(=O)CO)O1. The molecular weight excluding hydrogens is 302 g/mol. The number of aliphatic carboxylic acids is 1. The fourth-order valence-electron chi connectivity index (χ4n) is 2.27. The molecule has 1 aliphatic rings. The van der Waals surface area contributed by atoms with E-state index in [1.807, 2.05) is 0 Å². The summed E-state index contributed by atoms with van der Waals surface area (Å²) in [5.41, 5.74) is 0. The van der Waals surface area contributed by atoms with Crippen LogP contribution in [0.4, 0.5) is 0 Å². The summed E-state index contributed by atoms with van der Waals surface area (Å²) in [6.45, 7) is 0.121. The molecule has 10 heteroatoms. The molecule has 5 atom stereocenters. The molecule has 0 aromatic rings. The van der Waals surface area contributed by atoms with Crippen molar-refractivity contribution < 1.29 is 44.3 Å². The number of carbonyl (C=O) groups is 3. The van der Waals surface area contributed by atoms with Crippen molar-refractivity contribution in [1.82, 2.24) is 5.32 Å². The Bertz CT molecular complexity index is 454. The number of rotatable bonds is 6. The van der Waals surface area contributed by atoms with Crippen LogP contribution in [0.5, 0.6) is 0 Å². The van der Waals surface area contributed by atoms with E-state index >= 15 is 0 Å². The lowest BCUT2D eigenvalue weighted by atomic mass is 9.89. The van der Waals surface area contributed by atoms with Gasteiger partial charge < -0.3 is 35.2 Å². The van der Waals surface area contributed by atoms with Crippen LogP contribution in [0.2, 0.25) is 0 Å². The van der Waals surface area contributed by atoms with Gasteiger partial charge in [0.15, 0.2) is 5.78 Å². The monoisotopic (exact) mass is 321 g/mol. The fraction of sp³-hybridized carbons (Fsp3) is 0.750. The summed E-state index contributed by atoms with van der Waals surface area (Å²) in [5.74, 6) is -5.48. The summed E-state index contributed by atoms with van der Waals surface area (Å²) in [5, 5.41) is 40.3. The third kappa shape index (κ3) is 3.59. The van der Waals surface area contributed by atoms with Gasteiger partial charge in [0.1, 0.15) is 18.8 Å². The van der Waals surface area contributed by atoms with E-state index in [-0.39, 0.29) is 0 Å². The highest BCUT2D eigenvalue weighted by Crippen LogP contribution is 2.32. The Labute approximate surface area is 125 Å². The van der Waals surface area contributed by atoms with Gasteiger partial charge >= 0.3 is 5.97 Å². The first-order valence-corrected chi connectivity index (χ1v) is 6.41. The molecule has 22 heavy (non-hydrogen) atoms. The number of carboxylic acids is 1. The molecule has 1 rings (SSSR count). The second kappa shape index (κ2) is 7.11. The number of aliphatic hydroxyl groups is 3. The molecule has 0 unspecified atom stereocenters. The molecular formula is C12H19NO9. The number of carboxylic acid groups (broad SMARTS) is 1. The fourth-order valence-corrected chi connectivity index (χ4v) is 2.27. The first-order valence-electron chi connectivity index (χ1n) is 6.41. The Morgan fingerprint density at radius 2 is 2.05 bits per heavy atom. The van der Waals surface area contributed by atoms with E-state index in [4.69, 9.17) is 14.6 Å². The molecule has 126 valence electrons. The van der Waals surface area contributed by atoms with E-state index in [0.29, 0.717) is 0 Å². The van der Waals surface area contributed by atoms with Gasteiger partial charge in [-0.1, -0.05) is 0 Å². The maximum atomic E-state index is 11.5. The second-order valence-electron chi connectivity index (χ2n) is 4.91. The Hall–Kier alpha value is -1.59. The predicted molar refractivity (Wildman–Crippen MR) is 68.6 cm³/mol. The molecule has 0 spiro atoms. The number of amides is 1. The molecule has 0 saturated carbocycles. The molecule has 0 bridgehead atoms. The molecule has 0 aromatic carbocycles. The third-order valence-electron chi connectivity index (χ3n) is 3.40. The van der Waals surface area contributed by atoms with Gasteiger partial charge in [-0.3, -0.25) is 9.59 Å². The van der Waals surface area contributed by atoms with E-state index in [1.165, 1.54) is 0 Å². The van der Waals surface area contributed by atoms with Crippen molar-refractivity contribution in [2.75, 3.05) is 13.7 Å². The standard InChI is InChI=1S/C12H19NO9/c1-5(15)13-8-6(16)3-12(21-2,11(19)20)22-10(8)9(18)7(17)4-14/h6,8-10,14,16,18H,3-4H2,1-2H3,(H,13,15)(H,19,20)/t6-,8+,9-,10+,12-/m0/s1. The Balaban J connectivity index is 3.17. The van der Waals surface area contributed by atoms with Crippen molar-refractivity contribution in [1.29, 1.82) is 0 Å². The van der Waals surface area contributed by atoms with Crippen LogP contribution in [0.25, 0.3) is 0 Å². The van der Waals surface area contributed by atoms with E-state index in [9.17, 15) is 29.7 Å². The van der Waals surface area contributed by atoms with Crippen molar-refractivity contribution in [3.05, 3.63) is 0 Å². The summed E-state index contributed by atoms with van der Waals surface area (Å²) >= 11 is 0. The molecule has 0 aliphatic carbocycles. The molecule has 0 aromatic heterocycles. The average molecular weight is 321 g/mol. The number of ketones is 1. The van der Waals surface area contributed by atoms with Crippen LogP contribution in [0.15, 0.2) is 0 Å². The maximum Gasteiger partial charge on any atom is 0.364 e. The molecule has 1 aliphatic heterocycles. The Morgan fingerprint density at radius 1 is 1.45 bits per heavy atom. The number of aliphatic hydroxyl groups excluding tert-OH is 3. The number of carbonyl (C=O) groups excluding carboxylic acids is 2. The van der Waals surface area contributed by atoms with Gasteiger partial charge in [-0.05, 0) is 0 Å². The molecule has 1 amide bonds. The smallest absolute Gasteiger partial charge is 0.364 e. The van der Waals surface area contributed by atoms with Gasteiger partial charge in [-0.2, -0.15) is 0 Å². The molecule has 1 heterocycles. The number of hydrogen-bond donors (Lipinski definition) is 5. The largest absolute Gasteiger partial charge is 0.477 e. The molecule has 1 saturated heterocycles. The minimum Gasteiger partial charge on any atom is -0.477 e. The van der Waals surface area contributed by atoms with Gasteiger partial charge in [-0.15, -0.1) is 0 Å². The van der Waals surface area contributed by atoms with Crippen LogP contribution >= 0.6 is 0 Å². The zero-order chi connectivity index (χ0) is 17.1. The van der Waals surface area contributed by atoms with Crippen LogP contribution in [0.1, 0.15) is 13.3 Å².